The SMILES string of the molecule is CCCCCCCCc1cc(C(=O)Oc2c(CCCCCCCC)cc(C(=O)OCCOCCOCCOC(=O)c3cc(CCCCCCCC)c(OC(=O)c4cc(CCCCCCCC)c(O)c(CCCCCCCC)c4)c(CCCCCCCC)c3)cc2CCCCCCCC)cc(CCCCCCCC)c1O. The Morgan fingerprint density at radius 1 is 0.218 bits per heavy atom. The van der Waals surface area contributed by atoms with E-state index in [9.17, 15) is 29.4 Å². The lowest BCUT2D eigenvalue weighted by molar-refractivity contribution is 0.00228. The first-order valence-electron chi connectivity index (χ1n) is 45.8. The van der Waals surface area contributed by atoms with E-state index in [0.29, 0.717) is 96.6 Å². The maximum atomic E-state index is 14.8. The van der Waals surface area contributed by atoms with Crippen LogP contribution in [0.5, 0.6) is 23.0 Å². The Hall–Kier alpha value is -5.72. The highest BCUT2D eigenvalue weighted by atomic mass is 16.6. The summed E-state index contributed by atoms with van der Waals surface area (Å²) in [6.45, 7) is 18.7. The van der Waals surface area contributed by atoms with Crippen LogP contribution in [0.3, 0.4) is 0 Å². The van der Waals surface area contributed by atoms with Gasteiger partial charge in [0.1, 0.15) is 36.2 Å². The van der Waals surface area contributed by atoms with Crippen LogP contribution in [0.1, 0.15) is 450 Å². The monoisotopic (exact) mass is 1530 g/mol. The van der Waals surface area contributed by atoms with Crippen LogP contribution in [0, 0.1) is 0 Å². The number of phenols is 2. The van der Waals surface area contributed by atoms with Gasteiger partial charge in [-0.2, -0.15) is 0 Å². The van der Waals surface area contributed by atoms with Gasteiger partial charge in [-0.1, -0.05) is 312 Å². The number of unbranched alkanes of at least 4 members (excludes halogenated alkanes) is 40. The maximum absolute atomic E-state index is 14.8. The minimum Gasteiger partial charge on any atom is -0.507 e. The van der Waals surface area contributed by atoms with Crippen molar-refractivity contribution in [2.45, 2.75) is 415 Å². The summed E-state index contributed by atoms with van der Waals surface area (Å²) in [7, 11) is 0. The van der Waals surface area contributed by atoms with Crippen LogP contribution >= 0.6 is 0 Å². The smallest absolute Gasteiger partial charge is 0.343 e. The van der Waals surface area contributed by atoms with E-state index in [2.05, 4.69) is 55.4 Å². The zero-order chi connectivity index (χ0) is 79.3. The quantitative estimate of drug-likeness (QED) is 0.0245. The number of aromatic hydroxyl groups is 2. The van der Waals surface area contributed by atoms with Gasteiger partial charge in [-0.05, 0) is 196 Å². The number of benzene rings is 4. The van der Waals surface area contributed by atoms with Crippen LogP contribution < -0.4 is 9.47 Å². The molecule has 4 aromatic carbocycles. The second-order valence-electron chi connectivity index (χ2n) is 32.0. The molecule has 0 bridgehead atoms. The van der Waals surface area contributed by atoms with E-state index in [-0.39, 0.29) is 39.6 Å². The molecular formula is C98H158O12. The van der Waals surface area contributed by atoms with Crippen LogP contribution in [0.25, 0.3) is 0 Å². The average Bonchev–Trinajstić information content (AvgIpc) is 0.804. The number of aryl methyl sites for hydroxylation is 8. The van der Waals surface area contributed by atoms with Gasteiger partial charge in [0.15, 0.2) is 0 Å². The van der Waals surface area contributed by atoms with Crippen LogP contribution in [-0.2, 0) is 70.3 Å². The predicted molar refractivity (Wildman–Crippen MR) is 458 cm³/mol. The molecule has 110 heavy (non-hydrogen) atoms. The van der Waals surface area contributed by atoms with Gasteiger partial charge in [-0.3, -0.25) is 0 Å². The van der Waals surface area contributed by atoms with Crippen LogP contribution in [-0.4, -0.2) is 73.7 Å². The third kappa shape index (κ3) is 41.4. The van der Waals surface area contributed by atoms with Crippen molar-refractivity contribution < 1.29 is 57.8 Å². The van der Waals surface area contributed by atoms with Crippen LogP contribution in [0.2, 0.25) is 0 Å². The van der Waals surface area contributed by atoms with Crippen LogP contribution in [0.15, 0.2) is 48.5 Å². The third-order valence-electron chi connectivity index (χ3n) is 22.0. The van der Waals surface area contributed by atoms with Crippen molar-refractivity contribution in [2.75, 3.05) is 39.6 Å². The van der Waals surface area contributed by atoms with Crippen molar-refractivity contribution >= 4 is 23.9 Å². The first-order valence-corrected chi connectivity index (χ1v) is 45.8. The number of phenolic OH excluding ortho intramolecular Hbond substituents is 2. The summed E-state index contributed by atoms with van der Waals surface area (Å²) in [5, 5.41) is 23.4. The molecular weight excluding hydrogens is 1370 g/mol. The summed E-state index contributed by atoms with van der Waals surface area (Å²) in [6.07, 6.45) is 59.0. The van der Waals surface area contributed by atoms with E-state index in [0.717, 1.165) is 224 Å². The molecule has 0 aliphatic rings. The van der Waals surface area contributed by atoms with Crippen molar-refractivity contribution in [1.82, 2.24) is 0 Å². The lowest BCUT2D eigenvalue weighted by atomic mass is 9.95. The van der Waals surface area contributed by atoms with E-state index in [1.807, 2.05) is 48.5 Å². The molecule has 0 atom stereocenters. The molecule has 0 aromatic heterocycles. The van der Waals surface area contributed by atoms with Crippen molar-refractivity contribution in [3.8, 4) is 23.0 Å². The number of hydrogen-bond donors (Lipinski definition) is 2. The van der Waals surface area contributed by atoms with Gasteiger partial charge in [0, 0.05) is 0 Å². The Labute approximate surface area is 671 Å². The molecule has 4 aromatic rings. The lowest BCUT2D eigenvalue weighted by Gasteiger charge is -2.18. The molecule has 12 heteroatoms. The molecule has 0 saturated heterocycles. The Morgan fingerprint density at radius 2 is 0.382 bits per heavy atom. The van der Waals surface area contributed by atoms with Crippen LogP contribution in [0.4, 0.5) is 0 Å². The van der Waals surface area contributed by atoms with Crippen molar-refractivity contribution in [1.29, 1.82) is 0 Å². The van der Waals surface area contributed by atoms with Gasteiger partial charge >= 0.3 is 23.9 Å². The minimum absolute atomic E-state index is 0.0344. The molecule has 0 spiro atoms. The molecule has 0 amide bonds. The number of hydrogen-bond acceptors (Lipinski definition) is 12. The summed E-state index contributed by atoms with van der Waals surface area (Å²) < 4.78 is 37.0. The Bertz CT molecular complexity index is 2720. The first-order chi connectivity index (χ1) is 53.9. The van der Waals surface area contributed by atoms with Crippen molar-refractivity contribution in [3.63, 3.8) is 0 Å². The fourth-order valence-corrected chi connectivity index (χ4v) is 15.2. The Balaban J connectivity index is 1.50. The number of ether oxygens (including phenoxy) is 6. The van der Waals surface area contributed by atoms with Gasteiger partial charge in [0.25, 0.3) is 0 Å². The summed E-state index contributed by atoms with van der Waals surface area (Å²) >= 11 is 0. The van der Waals surface area contributed by atoms with Crippen molar-refractivity contribution in [2.24, 2.45) is 0 Å². The summed E-state index contributed by atoms with van der Waals surface area (Å²) in [5.41, 5.74) is 8.42. The normalized spacial score (nSPS) is 11.5. The third-order valence-corrected chi connectivity index (χ3v) is 22.0. The lowest BCUT2D eigenvalue weighted by Crippen LogP contribution is -2.17. The second-order valence-corrected chi connectivity index (χ2v) is 32.0. The number of esters is 4. The Morgan fingerprint density at radius 3 is 0.591 bits per heavy atom. The average molecular weight is 1530 g/mol. The van der Waals surface area contributed by atoms with E-state index in [1.165, 1.54) is 128 Å². The molecule has 0 fully saturated rings. The first kappa shape index (κ1) is 96.6. The fourth-order valence-electron chi connectivity index (χ4n) is 15.2. The van der Waals surface area contributed by atoms with Gasteiger partial charge in [-0.15, -0.1) is 0 Å². The standard InChI is InChI=1S/C98H158O12/c1-9-17-25-33-41-49-57-79-71-89(72-80(91(79)99)58-50-42-34-26-18-10-2)97(103)109-93-83(61-53-45-37-29-21-13-5)75-87(76-84(93)62-54-46-38-30-22-14-6)95(101)107-69-67-105-65-66-106-68-70-108-96(102)88-77-85(63-55-47-39-31-23-15-7)94(86(78-88)64-56-48-40-32-24-16-8)110-98(104)90-73-81(59-51-43-35-27-19-11-3)92(100)82(74-90)60-52-44-36-28-20-12-4/h71-78,99-100H,9-70H2,1-8H3. The summed E-state index contributed by atoms with van der Waals surface area (Å²) in [6, 6.07) is 15.0. The number of rotatable bonds is 71. The second kappa shape index (κ2) is 63.7. The highest BCUT2D eigenvalue weighted by Gasteiger charge is 2.25. The highest BCUT2D eigenvalue weighted by Crippen LogP contribution is 2.37. The van der Waals surface area contributed by atoms with Gasteiger partial charge < -0.3 is 38.6 Å². The zero-order valence-corrected chi connectivity index (χ0v) is 71.4. The predicted octanol–water partition coefficient (Wildman–Crippen LogP) is 27.8. The molecule has 0 unspecified atom stereocenters. The largest absolute Gasteiger partial charge is 0.507 e. The highest BCUT2D eigenvalue weighted by molar-refractivity contribution is 5.95. The molecule has 0 radical (unpaired) electrons. The summed E-state index contributed by atoms with van der Waals surface area (Å²) in [4.78, 5) is 57.8. The molecule has 0 heterocycles. The molecule has 622 valence electrons. The molecule has 0 aliphatic carbocycles. The van der Waals surface area contributed by atoms with E-state index in [4.69, 9.17) is 28.4 Å². The minimum atomic E-state index is -0.455. The zero-order valence-electron chi connectivity index (χ0n) is 71.4. The maximum Gasteiger partial charge on any atom is 0.343 e. The van der Waals surface area contributed by atoms with E-state index < -0.39 is 23.9 Å². The molecule has 2 N–H and O–H groups in total. The molecule has 0 aliphatic heterocycles. The van der Waals surface area contributed by atoms with Crippen molar-refractivity contribution in [3.05, 3.63) is 115 Å². The summed E-state index contributed by atoms with van der Waals surface area (Å²) in [5.74, 6) is -0.0238. The fraction of sp³-hybridized carbons (Fsp3) is 0.714. The van der Waals surface area contributed by atoms with E-state index >= 15 is 0 Å². The molecule has 0 saturated carbocycles. The van der Waals surface area contributed by atoms with Gasteiger partial charge in [0.2, 0.25) is 0 Å². The Kier molecular flexibility index (Phi) is 55.9. The number of carbonyl (C=O) groups is 4. The van der Waals surface area contributed by atoms with Gasteiger partial charge in [-0.25, -0.2) is 19.2 Å². The molecule has 12 nitrogen and oxygen atoms in total. The van der Waals surface area contributed by atoms with E-state index in [1.54, 1.807) is 0 Å². The van der Waals surface area contributed by atoms with Gasteiger partial charge in [0.05, 0.1) is 48.7 Å². The topological polar surface area (TPSA) is 164 Å². The molecule has 4 rings (SSSR count). The number of carbonyl (C=O) groups excluding carboxylic acids is 4.